The van der Waals surface area contributed by atoms with Crippen molar-refractivity contribution in [3.05, 3.63) is 30.3 Å². The third kappa shape index (κ3) is 4.28. The normalized spacial score (nSPS) is 13.5. The summed E-state index contributed by atoms with van der Waals surface area (Å²) in [7, 11) is -3.53. The zero-order valence-electron chi connectivity index (χ0n) is 8.13. The highest BCUT2D eigenvalue weighted by atomic mass is 32.2. The lowest BCUT2D eigenvalue weighted by molar-refractivity contribution is 0.206. The number of para-hydroxylation sites is 1. The number of nitrogens with two attached hydrogens (primary N) is 1. The maximum absolute atomic E-state index is 11.4. The summed E-state index contributed by atoms with van der Waals surface area (Å²) in [5.74, 6) is -0.390. The molecule has 1 unspecified atom stereocenters. The SMILES string of the molecule is NCC(O)CS(=O)(=O)Nc1ccccc1. The van der Waals surface area contributed by atoms with Crippen LogP contribution in [0, 0.1) is 0 Å². The van der Waals surface area contributed by atoms with E-state index in [2.05, 4.69) is 4.72 Å². The number of aliphatic hydroxyl groups is 1. The van der Waals surface area contributed by atoms with Crippen molar-refractivity contribution in [3.8, 4) is 0 Å². The molecular weight excluding hydrogens is 216 g/mol. The number of aliphatic hydroxyl groups excluding tert-OH is 1. The second-order valence-electron chi connectivity index (χ2n) is 3.14. The average Bonchev–Trinajstić information content (AvgIpc) is 2.17. The van der Waals surface area contributed by atoms with Crippen molar-refractivity contribution in [1.82, 2.24) is 0 Å². The Balaban J connectivity index is 2.65. The van der Waals surface area contributed by atoms with Gasteiger partial charge in [-0.3, -0.25) is 4.72 Å². The number of sulfonamides is 1. The molecule has 84 valence electrons. The molecule has 15 heavy (non-hydrogen) atoms. The molecule has 1 aromatic rings. The van der Waals surface area contributed by atoms with E-state index in [0.29, 0.717) is 5.69 Å². The van der Waals surface area contributed by atoms with Crippen LogP contribution in [0.2, 0.25) is 0 Å². The molecule has 4 N–H and O–H groups in total. The quantitative estimate of drug-likeness (QED) is 0.650. The maximum Gasteiger partial charge on any atom is 0.235 e. The second-order valence-corrected chi connectivity index (χ2v) is 4.91. The zero-order chi connectivity index (χ0) is 11.3. The Morgan fingerprint density at radius 1 is 1.33 bits per heavy atom. The van der Waals surface area contributed by atoms with Crippen LogP contribution < -0.4 is 10.5 Å². The lowest BCUT2D eigenvalue weighted by atomic mass is 10.3. The van der Waals surface area contributed by atoms with Crippen LogP contribution in [0.15, 0.2) is 30.3 Å². The van der Waals surface area contributed by atoms with Gasteiger partial charge in [0.25, 0.3) is 0 Å². The van der Waals surface area contributed by atoms with Crippen LogP contribution in [0.3, 0.4) is 0 Å². The van der Waals surface area contributed by atoms with Gasteiger partial charge in [0.2, 0.25) is 10.0 Å². The Labute approximate surface area is 89.0 Å². The highest BCUT2D eigenvalue weighted by Gasteiger charge is 2.15. The van der Waals surface area contributed by atoms with Gasteiger partial charge in [-0.15, -0.1) is 0 Å². The van der Waals surface area contributed by atoms with Crippen LogP contribution in [0.5, 0.6) is 0 Å². The molecule has 0 aliphatic carbocycles. The summed E-state index contributed by atoms with van der Waals surface area (Å²) in [4.78, 5) is 0. The Morgan fingerprint density at radius 2 is 1.93 bits per heavy atom. The Morgan fingerprint density at radius 3 is 2.47 bits per heavy atom. The number of anilines is 1. The first-order chi connectivity index (χ1) is 7.03. The van der Waals surface area contributed by atoms with E-state index in [1.54, 1.807) is 30.3 Å². The summed E-state index contributed by atoms with van der Waals surface area (Å²) in [6.07, 6.45) is -1.04. The maximum atomic E-state index is 11.4. The van der Waals surface area contributed by atoms with Crippen molar-refractivity contribution >= 4 is 15.7 Å². The number of benzene rings is 1. The predicted molar refractivity (Wildman–Crippen MR) is 58.9 cm³/mol. The molecule has 0 bridgehead atoms. The molecule has 0 fully saturated rings. The van der Waals surface area contributed by atoms with Gasteiger partial charge in [-0.1, -0.05) is 18.2 Å². The molecule has 0 saturated carbocycles. The molecule has 0 aliphatic heterocycles. The van der Waals surface area contributed by atoms with Crippen molar-refractivity contribution in [2.75, 3.05) is 17.0 Å². The number of hydrogen-bond acceptors (Lipinski definition) is 4. The lowest BCUT2D eigenvalue weighted by Crippen LogP contribution is -2.31. The van der Waals surface area contributed by atoms with Crippen LogP contribution in [0.1, 0.15) is 0 Å². The molecule has 0 spiro atoms. The first kappa shape index (κ1) is 12.0. The predicted octanol–water partition coefficient (Wildman–Crippen LogP) is -0.252. The first-order valence-electron chi connectivity index (χ1n) is 4.47. The molecule has 0 saturated heterocycles. The second kappa shape index (κ2) is 5.11. The summed E-state index contributed by atoms with van der Waals surface area (Å²) in [6, 6.07) is 8.49. The molecule has 0 heterocycles. The summed E-state index contributed by atoms with van der Waals surface area (Å²) in [6.45, 7) is -0.0737. The summed E-state index contributed by atoms with van der Waals surface area (Å²) >= 11 is 0. The summed E-state index contributed by atoms with van der Waals surface area (Å²) < 4.78 is 25.2. The number of nitrogens with one attached hydrogen (secondary N) is 1. The fourth-order valence-electron chi connectivity index (χ4n) is 1.05. The van der Waals surface area contributed by atoms with E-state index < -0.39 is 21.9 Å². The van der Waals surface area contributed by atoms with Gasteiger partial charge < -0.3 is 10.8 Å². The smallest absolute Gasteiger partial charge is 0.235 e. The first-order valence-corrected chi connectivity index (χ1v) is 6.12. The van der Waals surface area contributed by atoms with E-state index >= 15 is 0 Å². The van der Waals surface area contributed by atoms with Crippen LogP contribution >= 0.6 is 0 Å². The van der Waals surface area contributed by atoms with Crippen LogP contribution in [0.4, 0.5) is 5.69 Å². The fraction of sp³-hybridized carbons (Fsp3) is 0.333. The van der Waals surface area contributed by atoms with Gasteiger partial charge in [0.1, 0.15) is 0 Å². The van der Waals surface area contributed by atoms with E-state index in [-0.39, 0.29) is 6.54 Å². The molecule has 1 aromatic carbocycles. The highest BCUT2D eigenvalue weighted by Crippen LogP contribution is 2.08. The van der Waals surface area contributed by atoms with Crippen LogP contribution in [-0.2, 0) is 10.0 Å². The topological polar surface area (TPSA) is 92.4 Å². The van der Waals surface area contributed by atoms with Crippen molar-refractivity contribution in [1.29, 1.82) is 0 Å². The molecule has 1 atom stereocenters. The number of hydrogen-bond donors (Lipinski definition) is 3. The fourth-order valence-corrected chi connectivity index (χ4v) is 2.27. The Hall–Kier alpha value is -1.11. The molecule has 5 nitrogen and oxygen atoms in total. The molecule has 1 rings (SSSR count). The third-order valence-electron chi connectivity index (χ3n) is 1.73. The minimum absolute atomic E-state index is 0.0737. The van der Waals surface area contributed by atoms with E-state index in [9.17, 15) is 8.42 Å². The molecule has 0 aliphatic rings. The number of rotatable bonds is 5. The molecule has 6 heteroatoms. The van der Waals surface area contributed by atoms with Gasteiger partial charge in [-0.2, -0.15) is 0 Å². The van der Waals surface area contributed by atoms with Crippen molar-refractivity contribution < 1.29 is 13.5 Å². The Kier molecular flexibility index (Phi) is 4.07. The van der Waals surface area contributed by atoms with Crippen molar-refractivity contribution in [2.24, 2.45) is 5.73 Å². The van der Waals surface area contributed by atoms with E-state index in [1.807, 2.05) is 0 Å². The molecule has 0 aromatic heterocycles. The summed E-state index contributed by atoms with van der Waals surface area (Å²) in [5.41, 5.74) is 5.60. The van der Waals surface area contributed by atoms with Crippen LogP contribution in [0.25, 0.3) is 0 Å². The van der Waals surface area contributed by atoms with Crippen molar-refractivity contribution in [3.63, 3.8) is 0 Å². The van der Waals surface area contributed by atoms with Gasteiger partial charge in [0.15, 0.2) is 0 Å². The van der Waals surface area contributed by atoms with Gasteiger partial charge >= 0.3 is 0 Å². The minimum atomic E-state index is -3.53. The van der Waals surface area contributed by atoms with Gasteiger partial charge in [-0.05, 0) is 12.1 Å². The van der Waals surface area contributed by atoms with E-state index in [4.69, 9.17) is 10.8 Å². The molecule has 0 radical (unpaired) electrons. The zero-order valence-corrected chi connectivity index (χ0v) is 8.94. The standard InChI is InChI=1S/C9H14N2O3S/c10-6-9(12)7-15(13,14)11-8-4-2-1-3-5-8/h1-5,9,11-12H,6-7,10H2. The van der Waals surface area contributed by atoms with E-state index in [1.165, 1.54) is 0 Å². The lowest BCUT2D eigenvalue weighted by Gasteiger charge is -2.10. The van der Waals surface area contributed by atoms with Crippen molar-refractivity contribution in [2.45, 2.75) is 6.10 Å². The minimum Gasteiger partial charge on any atom is -0.391 e. The average molecular weight is 230 g/mol. The largest absolute Gasteiger partial charge is 0.391 e. The third-order valence-corrected chi connectivity index (χ3v) is 3.10. The monoisotopic (exact) mass is 230 g/mol. The van der Waals surface area contributed by atoms with E-state index in [0.717, 1.165) is 0 Å². The van der Waals surface area contributed by atoms with Gasteiger partial charge in [0.05, 0.1) is 11.9 Å². The van der Waals surface area contributed by atoms with Gasteiger partial charge in [-0.25, -0.2) is 8.42 Å². The molecule has 0 amide bonds. The van der Waals surface area contributed by atoms with Crippen LogP contribution in [-0.4, -0.2) is 31.9 Å². The molecular formula is C9H14N2O3S. The Bertz CT molecular complexity index is 391. The van der Waals surface area contributed by atoms with Gasteiger partial charge in [0, 0.05) is 12.2 Å². The summed E-state index contributed by atoms with van der Waals surface area (Å²) in [5, 5.41) is 9.13. The highest BCUT2D eigenvalue weighted by molar-refractivity contribution is 7.92.